The van der Waals surface area contributed by atoms with Gasteiger partial charge in [-0.1, -0.05) is 78.5 Å². The molecule has 6 aromatic rings. The second-order valence-electron chi connectivity index (χ2n) is 15.4. The Kier molecular flexibility index (Phi) is 17.9. The average Bonchev–Trinajstić information content (AvgIpc) is 3.64. The van der Waals surface area contributed by atoms with Crippen molar-refractivity contribution in [1.82, 2.24) is 5.32 Å². The SMILES string of the molecule is CS(=O)(=O)Nc1ccc2oc3c(OC(F)F)ccc(C(=O)Nc4c(Cl)c[n+](C(OP(=O)(O)O)c5ccc(C(O)CNCCCCCCOCCCCc6ccccc6)cc5)cc4Cl)c3c2c1. The highest BCUT2D eigenvalue weighted by Crippen LogP contribution is 2.43. The molecule has 2 unspecified atom stereocenters. The number of nitrogens with zero attached hydrogens (tertiary/aromatic N) is 1. The maximum Gasteiger partial charge on any atom is 0.475 e. The molecule has 4 aromatic carbocycles. The maximum absolute atomic E-state index is 13.9. The number of furan rings is 1. The van der Waals surface area contributed by atoms with Gasteiger partial charge in [0.05, 0.1) is 23.6 Å². The Morgan fingerprint density at radius 3 is 2.21 bits per heavy atom. The van der Waals surface area contributed by atoms with Crippen LogP contribution in [0.3, 0.4) is 0 Å². The molecule has 21 heteroatoms. The van der Waals surface area contributed by atoms with Crippen LogP contribution < -0.4 is 24.7 Å². The third kappa shape index (κ3) is 14.6. The highest BCUT2D eigenvalue weighted by Gasteiger charge is 2.33. The van der Waals surface area contributed by atoms with E-state index in [0.29, 0.717) is 12.1 Å². The first-order chi connectivity index (χ1) is 31.5. The van der Waals surface area contributed by atoms with E-state index in [4.69, 9.17) is 36.9 Å². The second kappa shape index (κ2) is 23.3. The van der Waals surface area contributed by atoms with E-state index in [9.17, 15) is 41.5 Å². The average molecular weight is 995 g/mol. The van der Waals surface area contributed by atoms with Crippen LogP contribution >= 0.6 is 31.0 Å². The lowest BCUT2D eigenvalue weighted by Gasteiger charge is -2.17. The minimum absolute atomic E-state index is 0.00363. The van der Waals surface area contributed by atoms with E-state index in [-0.39, 0.29) is 61.0 Å². The van der Waals surface area contributed by atoms with Crippen LogP contribution in [0.2, 0.25) is 10.0 Å². The fourth-order valence-corrected chi connectivity index (χ4v) is 8.85. The van der Waals surface area contributed by atoms with Crippen LogP contribution in [0.15, 0.2) is 102 Å². The Morgan fingerprint density at radius 2 is 1.55 bits per heavy atom. The molecule has 6 rings (SSSR count). The first-order valence-corrected chi connectivity index (χ1v) is 25.1. The van der Waals surface area contributed by atoms with Crippen LogP contribution in [0.5, 0.6) is 5.75 Å². The van der Waals surface area contributed by atoms with Gasteiger partial charge in [0.15, 0.2) is 23.7 Å². The van der Waals surface area contributed by atoms with Crippen LogP contribution in [0.25, 0.3) is 21.9 Å². The number of phosphoric acid groups is 1. The molecule has 1 amide bonds. The lowest BCUT2D eigenvalue weighted by molar-refractivity contribution is -0.744. The predicted octanol–water partition coefficient (Wildman–Crippen LogP) is 9.28. The van der Waals surface area contributed by atoms with Crippen molar-refractivity contribution in [2.24, 2.45) is 0 Å². The molecule has 0 aliphatic rings. The summed E-state index contributed by atoms with van der Waals surface area (Å²) < 4.78 is 87.6. The maximum atomic E-state index is 13.9. The van der Waals surface area contributed by atoms with Gasteiger partial charge in [0, 0.05) is 41.8 Å². The summed E-state index contributed by atoms with van der Waals surface area (Å²) in [5.41, 5.74) is 1.87. The molecule has 66 heavy (non-hydrogen) atoms. The molecule has 15 nitrogen and oxygen atoms in total. The normalized spacial score (nSPS) is 13.0. The number of hydrogen-bond donors (Lipinski definition) is 6. The minimum Gasteiger partial charge on any atom is -0.452 e. The molecule has 2 atom stereocenters. The van der Waals surface area contributed by atoms with E-state index in [1.807, 2.05) is 6.07 Å². The van der Waals surface area contributed by atoms with Crippen LogP contribution in [-0.4, -0.2) is 68.4 Å². The van der Waals surface area contributed by atoms with Gasteiger partial charge >= 0.3 is 14.4 Å². The Hall–Kier alpha value is -4.72. The van der Waals surface area contributed by atoms with Crippen LogP contribution in [0.4, 0.5) is 20.2 Å². The highest BCUT2D eigenvalue weighted by atomic mass is 35.5. The summed E-state index contributed by atoms with van der Waals surface area (Å²) in [6.45, 7) is -0.748. The van der Waals surface area contributed by atoms with Gasteiger partial charge in [-0.2, -0.15) is 13.3 Å². The van der Waals surface area contributed by atoms with Crippen molar-refractivity contribution in [3.63, 3.8) is 0 Å². The number of unbranched alkanes of at least 4 members (excludes halogenated alkanes) is 4. The van der Waals surface area contributed by atoms with E-state index in [1.54, 1.807) is 12.1 Å². The van der Waals surface area contributed by atoms with Gasteiger partial charge < -0.3 is 39.4 Å². The molecule has 0 saturated carbocycles. The second-order valence-corrected chi connectivity index (χ2v) is 19.2. The van der Waals surface area contributed by atoms with Crippen LogP contribution in [0.1, 0.15) is 77.9 Å². The van der Waals surface area contributed by atoms with Crippen molar-refractivity contribution >= 4 is 80.3 Å². The number of rotatable bonds is 25. The molecular weight excluding hydrogens is 944 g/mol. The molecule has 6 N–H and O–H groups in total. The molecular formula is C45H50Cl2F2N4O11PS+. The number of amides is 1. The summed E-state index contributed by atoms with van der Waals surface area (Å²) in [4.78, 5) is 33.6. The molecule has 0 spiro atoms. The van der Waals surface area contributed by atoms with Crippen molar-refractivity contribution in [1.29, 1.82) is 0 Å². The van der Waals surface area contributed by atoms with Gasteiger partial charge in [0.25, 0.3) is 12.1 Å². The quantitative estimate of drug-likeness (QED) is 0.0180. The Morgan fingerprint density at radius 1 is 0.879 bits per heavy atom. The van der Waals surface area contributed by atoms with Crippen molar-refractivity contribution < 1.29 is 64.4 Å². The van der Waals surface area contributed by atoms with E-state index < -0.39 is 48.4 Å². The van der Waals surface area contributed by atoms with Gasteiger partial charge in [0.1, 0.15) is 15.6 Å². The topological polar surface area (TPSA) is 210 Å². The van der Waals surface area contributed by atoms with Gasteiger partial charge in [-0.25, -0.2) is 17.5 Å². The van der Waals surface area contributed by atoms with Gasteiger partial charge in [-0.3, -0.25) is 9.52 Å². The van der Waals surface area contributed by atoms with E-state index in [1.165, 1.54) is 58.9 Å². The zero-order valence-electron chi connectivity index (χ0n) is 35.7. The monoisotopic (exact) mass is 993 g/mol. The molecule has 2 heterocycles. The highest BCUT2D eigenvalue weighted by molar-refractivity contribution is 7.92. The number of hydrogen-bond acceptors (Lipinski definition) is 10. The fourth-order valence-electron chi connectivity index (χ4n) is 7.23. The largest absolute Gasteiger partial charge is 0.475 e. The number of aromatic nitrogens is 1. The summed E-state index contributed by atoms with van der Waals surface area (Å²) >= 11 is 13.3. The van der Waals surface area contributed by atoms with Crippen molar-refractivity contribution in [2.75, 3.05) is 42.6 Å². The third-order valence-corrected chi connectivity index (χ3v) is 11.9. The summed E-state index contributed by atoms with van der Waals surface area (Å²) in [5, 5.41) is 16.5. The first-order valence-electron chi connectivity index (χ1n) is 20.9. The molecule has 0 radical (unpaired) electrons. The van der Waals surface area contributed by atoms with Gasteiger partial charge in [-0.15, -0.1) is 0 Å². The number of benzene rings is 4. The van der Waals surface area contributed by atoms with Crippen molar-refractivity contribution in [3.8, 4) is 5.75 Å². The number of pyridine rings is 1. The lowest BCUT2D eigenvalue weighted by atomic mass is 10.0. The molecule has 0 bridgehead atoms. The summed E-state index contributed by atoms with van der Waals surface area (Å²) in [6, 6.07) is 23.1. The number of ether oxygens (including phenoxy) is 2. The van der Waals surface area contributed by atoms with Crippen LogP contribution in [0, 0.1) is 0 Å². The number of aliphatic hydroxyl groups is 1. The predicted molar refractivity (Wildman–Crippen MR) is 248 cm³/mol. The van der Waals surface area contributed by atoms with Crippen molar-refractivity contribution in [3.05, 3.63) is 130 Å². The molecule has 0 fully saturated rings. The number of aliphatic hydroxyl groups excluding tert-OH is 1. The number of anilines is 2. The number of nitrogens with one attached hydrogen (secondary N) is 3. The molecule has 0 aliphatic heterocycles. The number of aryl methyl sites for hydroxylation is 1. The molecule has 2 aromatic heterocycles. The number of halogens is 4. The zero-order chi connectivity index (χ0) is 47.4. The summed E-state index contributed by atoms with van der Waals surface area (Å²) in [6.07, 6.45) is 8.17. The number of sulfonamides is 1. The van der Waals surface area contributed by atoms with E-state index >= 15 is 0 Å². The smallest absolute Gasteiger partial charge is 0.452 e. The Bertz CT molecular complexity index is 2730. The van der Waals surface area contributed by atoms with E-state index in [0.717, 1.165) is 70.5 Å². The zero-order valence-corrected chi connectivity index (χ0v) is 38.9. The Balaban J connectivity index is 1.06. The van der Waals surface area contributed by atoms with Gasteiger partial charge in [-0.05, 0) is 92.2 Å². The number of carbonyl (C=O) groups excluding carboxylic acids is 1. The number of phosphoric ester groups is 1. The molecule has 0 aliphatic carbocycles. The summed E-state index contributed by atoms with van der Waals surface area (Å²) in [5.74, 6) is -1.24. The fraction of sp³-hybridized carbons (Fsp3) is 0.333. The standard InChI is InChI=1S/C45H49Cl2F2N4O11PS/c1-66(59,60)52-32-18-20-38-34(25-32)40-33(19-21-39(42(40)62-38)63-45(48)49)43(55)51-41-35(46)27-53(28-36(41)47)44(64-65(56,57)58)31-16-14-30(15-17-31)37(54)26-50-22-8-2-3-9-23-61-24-10-7-13-29-11-5-4-6-12-29/h4-6,11-12,14-21,25,27-28,37,44-45,50,52,54H,2-3,7-10,13,22-24,26H2,1H3,(H2,56,57,58)/p+1. The summed E-state index contributed by atoms with van der Waals surface area (Å²) in [7, 11) is -8.87. The number of carbonyl (C=O) groups is 1. The minimum atomic E-state index is -5.15. The van der Waals surface area contributed by atoms with Gasteiger partial charge in [0.2, 0.25) is 10.0 Å². The molecule has 0 saturated heterocycles. The van der Waals surface area contributed by atoms with Crippen LogP contribution in [-0.2, 0) is 30.3 Å². The Labute approximate surface area is 390 Å². The van der Waals surface area contributed by atoms with Crippen molar-refractivity contribution in [2.45, 2.75) is 63.9 Å². The number of alkyl halides is 2. The van der Waals surface area contributed by atoms with E-state index in [2.05, 4.69) is 44.4 Å². The first kappa shape index (κ1) is 50.7. The lowest BCUT2D eigenvalue weighted by Crippen LogP contribution is -2.41. The molecule has 354 valence electrons. The number of fused-ring (bicyclic) bond motifs is 3. The third-order valence-electron chi connectivity index (χ3n) is 10.3.